The van der Waals surface area contributed by atoms with Gasteiger partial charge in [0.25, 0.3) is 7.82 Å². The van der Waals surface area contributed by atoms with Crippen LogP contribution in [0.2, 0.25) is 0 Å². The maximum absolute atomic E-state index is 12.8. The second-order valence-electron chi connectivity index (χ2n) is 14.6. The Morgan fingerprint density at radius 3 is 1.48 bits per heavy atom. The first-order chi connectivity index (χ1) is 22.0. The molecule has 0 aromatic rings. The predicted molar refractivity (Wildman–Crippen MR) is 192 cm³/mol. The minimum absolute atomic E-state index is 0.0155. The summed E-state index contributed by atoms with van der Waals surface area (Å²) in [6, 6.07) is -0.790. The Morgan fingerprint density at radius 1 is 0.674 bits per heavy atom. The number of nitrogens with zero attached hydrogens (tertiary/aromatic N) is 1. The molecule has 0 aromatic heterocycles. The highest BCUT2D eigenvalue weighted by atomic mass is 31.2. The van der Waals surface area contributed by atoms with Gasteiger partial charge in [0.1, 0.15) is 13.2 Å². The van der Waals surface area contributed by atoms with E-state index in [1.165, 1.54) is 116 Å². The number of rotatable bonds is 35. The lowest BCUT2D eigenvalue weighted by atomic mass is 10.0. The van der Waals surface area contributed by atoms with Gasteiger partial charge in [0, 0.05) is 6.42 Å². The summed E-state index contributed by atoms with van der Waals surface area (Å²) in [5, 5.41) is 13.8. The van der Waals surface area contributed by atoms with Gasteiger partial charge in [0.05, 0.1) is 39.9 Å². The zero-order chi connectivity index (χ0) is 34.4. The van der Waals surface area contributed by atoms with Crippen molar-refractivity contribution in [1.29, 1.82) is 0 Å². The molecular formula is C37H77N2O6P. The molecule has 0 heterocycles. The van der Waals surface area contributed by atoms with Crippen LogP contribution in [0.15, 0.2) is 0 Å². The van der Waals surface area contributed by atoms with Crippen molar-refractivity contribution in [3.05, 3.63) is 0 Å². The molecule has 0 aliphatic carbocycles. The van der Waals surface area contributed by atoms with Crippen LogP contribution in [0.1, 0.15) is 181 Å². The number of hydrogen-bond donors (Lipinski definition) is 2. The summed E-state index contributed by atoms with van der Waals surface area (Å²) in [7, 11) is 1.31. The monoisotopic (exact) mass is 677 g/mol. The van der Waals surface area contributed by atoms with Gasteiger partial charge in [-0.3, -0.25) is 9.36 Å². The molecule has 0 saturated carbocycles. The van der Waals surface area contributed by atoms with Gasteiger partial charge >= 0.3 is 0 Å². The molecule has 3 atom stereocenters. The molecule has 1 amide bonds. The maximum Gasteiger partial charge on any atom is 0.268 e. The Bertz CT molecular complexity index is 733. The van der Waals surface area contributed by atoms with Crippen molar-refractivity contribution in [2.24, 2.45) is 0 Å². The van der Waals surface area contributed by atoms with Crippen LogP contribution in [0.5, 0.6) is 0 Å². The highest BCUT2D eigenvalue weighted by Gasteiger charge is 2.24. The van der Waals surface area contributed by atoms with Crippen molar-refractivity contribution in [2.75, 3.05) is 40.9 Å². The fourth-order valence-corrected chi connectivity index (χ4v) is 6.41. The van der Waals surface area contributed by atoms with E-state index in [0.717, 1.165) is 38.5 Å². The first-order valence-electron chi connectivity index (χ1n) is 19.4. The van der Waals surface area contributed by atoms with Crippen molar-refractivity contribution in [3.63, 3.8) is 0 Å². The molecule has 0 fully saturated rings. The number of nitrogens with one attached hydrogen (secondary N) is 1. The third kappa shape index (κ3) is 32.1. The minimum Gasteiger partial charge on any atom is -0.756 e. The van der Waals surface area contributed by atoms with Crippen molar-refractivity contribution < 1.29 is 32.9 Å². The standard InChI is InChI=1S/C37H77N2O6P/c1-6-8-10-12-14-16-18-19-20-21-23-25-27-29-31-37(41)38-35(34-45-46(42,43)44-33-32-39(3,4)5)36(40)30-28-26-24-22-17-15-13-11-9-7-2/h35-36,40H,6-34H2,1-5H3,(H-,38,41,42,43)/t35-,36+/m0/s1. The number of amides is 1. The number of aliphatic hydroxyl groups is 1. The Balaban J connectivity index is 4.41. The topological polar surface area (TPSA) is 108 Å². The van der Waals surface area contributed by atoms with Crippen LogP contribution >= 0.6 is 7.82 Å². The van der Waals surface area contributed by atoms with E-state index >= 15 is 0 Å². The third-order valence-corrected chi connectivity index (χ3v) is 9.81. The fraction of sp³-hybridized carbons (Fsp3) is 0.973. The first kappa shape index (κ1) is 45.5. The molecule has 9 heteroatoms. The number of carbonyl (C=O) groups excluding carboxylic acids is 1. The minimum atomic E-state index is -4.55. The van der Waals surface area contributed by atoms with Crippen LogP contribution in [0.25, 0.3) is 0 Å². The molecule has 276 valence electrons. The molecule has 2 N–H and O–H groups in total. The summed E-state index contributed by atoms with van der Waals surface area (Å²) < 4.78 is 23.1. The highest BCUT2D eigenvalue weighted by Crippen LogP contribution is 2.38. The number of carbonyl (C=O) groups is 1. The summed E-state index contributed by atoms with van der Waals surface area (Å²) in [4.78, 5) is 25.1. The molecule has 1 unspecified atom stereocenters. The summed E-state index contributed by atoms with van der Waals surface area (Å²) >= 11 is 0. The van der Waals surface area contributed by atoms with Gasteiger partial charge < -0.3 is 28.8 Å². The molecular weight excluding hydrogens is 599 g/mol. The molecule has 0 radical (unpaired) electrons. The Labute approximate surface area is 285 Å². The van der Waals surface area contributed by atoms with Crippen molar-refractivity contribution in [2.45, 2.75) is 193 Å². The van der Waals surface area contributed by atoms with E-state index in [1.54, 1.807) is 0 Å². The lowest BCUT2D eigenvalue weighted by Crippen LogP contribution is -2.46. The first-order valence-corrected chi connectivity index (χ1v) is 20.8. The molecule has 0 aromatic carbocycles. The van der Waals surface area contributed by atoms with Crippen molar-refractivity contribution >= 4 is 13.7 Å². The number of hydrogen-bond acceptors (Lipinski definition) is 6. The van der Waals surface area contributed by atoms with E-state index in [9.17, 15) is 19.4 Å². The second-order valence-corrected chi connectivity index (χ2v) is 16.1. The average Bonchev–Trinajstić information content (AvgIpc) is 2.99. The van der Waals surface area contributed by atoms with Crippen LogP contribution in [-0.2, 0) is 18.4 Å². The molecule has 0 rings (SSSR count). The Morgan fingerprint density at radius 2 is 1.07 bits per heavy atom. The molecule has 46 heavy (non-hydrogen) atoms. The SMILES string of the molecule is CCCCCCCCCCCCCCCCC(=O)N[C@@H](COP(=O)([O-])OCC[N+](C)(C)C)[C@H](O)CCCCCCCCCCCC. The van der Waals surface area contributed by atoms with E-state index in [2.05, 4.69) is 19.2 Å². The lowest BCUT2D eigenvalue weighted by Gasteiger charge is -2.30. The summed E-state index contributed by atoms with van der Waals surface area (Å²) in [5.41, 5.74) is 0. The van der Waals surface area contributed by atoms with Crippen LogP contribution in [0, 0.1) is 0 Å². The number of phosphoric ester groups is 1. The van der Waals surface area contributed by atoms with Gasteiger partial charge in [0.2, 0.25) is 5.91 Å². The summed E-state index contributed by atoms with van der Waals surface area (Å²) in [6.07, 6.45) is 29.5. The molecule has 0 saturated heterocycles. The van der Waals surface area contributed by atoms with Crippen LogP contribution in [0.4, 0.5) is 0 Å². The normalized spacial score (nSPS) is 14.7. The zero-order valence-electron chi connectivity index (χ0n) is 31.0. The fourth-order valence-electron chi connectivity index (χ4n) is 5.69. The predicted octanol–water partition coefficient (Wildman–Crippen LogP) is 9.22. The van der Waals surface area contributed by atoms with E-state index < -0.39 is 20.0 Å². The molecule has 0 spiro atoms. The number of phosphoric acid groups is 1. The quantitative estimate of drug-likeness (QED) is 0.0394. The smallest absolute Gasteiger partial charge is 0.268 e. The second kappa shape index (κ2) is 30.6. The molecule has 0 aliphatic heterocycles. The summed E-state index contributed by atoms with van der Waals surface area (Å²) in [6.45, 7) is 4.70. The highest BCUT2D eigenvalue weighted by molar-refractivity contribution is 7.45. The van der Waals surface area contributed by atoms with Crippen molar-refractivity contribution in [3.8, 4) is 0 Å². The summed E-state index contributed by atoms with van der Waals surface area (Å²) in [5.74, 6) is -0.165. The van der Waals surface area contributed by atoms with Crippen LogP contribution in [0.3, 0.4) is 0 Å². The van der Waals surface area contributed by atoms with Gasteiger partial charge in [-0.1, -0.05) is 162 Å². The third-order valence-electron chi connectivity index (χ3n) is 8.85. The number of unbranched alkanes of at least 4 members (excludes halogenated alkanes) is 22. The van der Waals surface area contributed by atoms with E-state index in [-0.39, 0.29) is 19.1 Å². The van der Waals surface area contributed by atoms with E-state index in [0.29, 0.717) is 23.9 Å². The Hall–Kier alpha value is -0.500. The molecule has 0 bridgehead atoms. The van der Waals surface area contributed by atoms with E-state index in [1.807, 2.05) is 21.1 Å². The maximum atomic E-state index is 12.8. The number of likely N-dealkylation sites (N-methyl/N-ethyl adjacent to an activating group) is 1. The average molecular weight is 677 g/mol. The van der Waals surface area contributed by atoms with Gasteiger partial charge in [-0.25, -0.2) is 0 Å². The van der Waals surface area contributed by atoms with Crippen LogP contribution in [-0.4, -0.2) is 68.5 Å². The van der Waals surface area contributed by atoms with Gasteiger partial charge in [-0.05, 0) is 12.8 Å². The van der Waals surface area contributed by atoms with Gasteiger partial charge in [-0.15, -0.1) is 0 Å². The molecule has 8 nitrogen and oxygen atoms in total. The van der Waals surface area contributed by atoms with Gasteiger partial charge in [-0.2, -0.15) is 0 Å². The lowest BCUT2D eigenvalue weighted by molar-refractivity contribution is -0.870. The zero-order valence-corrected chi connectivity index (χ0v) is 31.9. The van der Waals surface area contributed by atoms with Gasteiger partial charge in [0.15, 0.2) is 0 Å². The number of quaternary nitrogens is 1. The Kier molecular flexibility index (Phi) is 30.2. The largest absolute Gasteiger partial charge is 0.756 e. The van der Waals surface area contributed by atoms with Crippen molar-refractivity contribution in [1.82, 2.24) is 5.32 Å². The molecule has 0 aliphatic rings. The van der Waals surface area contributed by atoms with E-state index in [4.69, 9.17) is 9.05 Å². The number of aliphatic hydroxyl groups excluding tert-OH is 1. The van der Waals surface area contributed by atoms with Crippen LogP contribution < -0.4 is 10.2 Å².